The number of aromatic nitrogens is 4. The fourth-order valence-corrected chi connectivity index (χ4v) is 2.06. The number of halogens is 1. The number of hydrogen-bond donors (Lipinski definition) is 3. The zero-order valence-corrected chi connectivity index (χ0v) is 14.4. The minimum absolute atomic E-state index is 0.0324. The molecular formula is C16H17ClN6O2. The second-order valence-corrected chi connectivity index (χ2v) is 5.52. The first-order chi connectivity index (χ1) is 11.8. The molecule has 25 heavy (non-hydrogen) atoms. The molecule has 0 amide bonds. The number of nitrogen functional groups attached to an aromatic ring is 1. The molecule has 3 rings (SSSR count). The highest BCUT2D eigenvalue weighted by Crippen LogP contribution is 2.21. The van der Waals surface area contributed by atoms with Gasteiger partial charge in [-0.1, -0.05) is 11.6 Å². The summed E-state index contributed by atoms with van der Waals surface area (Å²) in [5.74, 6) is -0.515. The van der Waals surface area contributed by atoms with E-state index < -0.39 is 5.97 Å². The van der Waals surface area contributed by atoms with Gasteiger partial charge in [-0.05, 0) is 31.2 Å². The monoisotopic (exact) mass is 360 g/mol. The lowest BCUT2D eigenvalue weighted by atomic mass is 10.2. The van der Waals surface area contributed by atoms with Gasteiger partial charge in [-0.3, -0.25) is 9.67 Å². The van der Waals surface area contributed by atoms with Gasteiger partial charge in [0.2, 0.25) is 0 Å². The van der Waals surface area contributed by atoms with E-state index in [1.807, 2.05) is 7.05 Å². The highest BCUT2D eigenvalue weighted by atomic mass is 35.5. The summed E-state index contributed by atoms with van der Waals surface area (Å²) < 4.78 is 1.66. The zero-order valence-electron chi connectivity index (χ0n) is 13.6. The van der Waals surface area contributed by atoms with E-state index in [0.717, 1.165) is 0 Å². The molecule has 3 aromatic rings. The van der Waals surface area contributed by atoms with E-state index in [-0.39, 0.29) is 5.69 Å². The Morgan fingerprint density at radius 3 is 2.60 bits per heavy atom. The van der Waals surface area contributed by atoms with Crippen LogP contribution in [0.1, 0.15) is 16.2 Å². The summed E-state index contributed by atoms with van der Waals surface area (Å²) in [6.07, 6.45) is 4.85. The summed E-state index contributed by atoms with van der Waals surface area (Å²) in [6.45, 7) is 1.73. The van der Waals surface area contributed by atoms with Crippen molar-refractivity contribution in [3.8, 4) is 0 Å². The molecule has 3 heterocycles. The normalized spacial score (nSPS) is 9.88. The van der Waals surface area contributed by atoms with Crippen molar-refractivity contribution in [2.24, 2.45) is 7.05 Å². The Hall–Kier alpha value is -3.13. The molecule has 0 bridgehead atoms. The molecule has 0 radical (unpaired) electrons. The Kier molecular flexibility index (Phi) is 5.91. The van der Waals surface area contributed by atoms with Crippen molar-refractivity contribution in [1.82, 2.24) is 19.7 Å². The molecule has 0 aromatic carbocycles. The maximum absolute atomic E-state index is 11.1. The van der Waals surface area contributed by atoms with E-state index >= 15 is 0 Å². The van der Waals surface area contributed by atoms with Crippen LogP contribution >= 0.6 is 11.6 Å². The molecule has 0 spiro atoms. The molecule has 130 valence electrons. The molecule has 0 aliphatic heterocycles. The summed E-state index contributed by atoms with van der Waals surface area (Å²) >= 11 is 5.80. The van der Waals surface area contributed by atoms with E-state index in [2.05, 4.69) is 20.4 Å². The van der Waals surface area contributed by atoms with Crippen LogP contribution in [0.4, 0.5) is 17.2 Å². The quantitative estimate of drug-likeness (QED) is 0.656. The van der Waals surface area contributed by atoms with Gasteiger partial charge in [0.25, 0.3) is 0 Å². The van der Waals surface area contributed by atoms with Crippen LogP contribution in [0.3, 0.4) is 0 Å². The molecule has 9 heteroatoms. The molecule has 0 unspecified atom stereocenters. The lowest BCUT2D eigenvalue weighted by Crippen LogP contribution is -2.06. The Balaban J connectivity index is 0.000000269. The number of aromatic carboxylic acids is 1. The lowest BCUT2D eigenvalue weighted by molar-refractivity contribution is 0.0691. The number of nitrogens with two attached hydrogens (primary N) is 1. The maximum Gasteiger partial charge on any atom is 0.356 e. The summed E-state index contributed by atoms with van der Waals surface area (Å²) in [5, 5.41) is 16.3. The highest BCUT2D eigenvalue weighted by molar-refractivity contribution is 6.30. The van der Waals surface area contributed by atoms with Gasteiger partial charge in [-0.15, -0.1) is 0 Å². The second-order valence-electron chi connectivity index (χ2n) is 5.09. The van der Waals surface area contributed by atoms with Crippen molar-refractivity contribution >= 4 is 34.8 Å². The summed E-state index contributed by atoms with van der Waals surface area (Å²) in [4.78, 5) is 19.0. The first kappa shape index (κ1) is 18.2. The van der Waals surface area contributed by atoms with Crippen LogP contribution < -0.4 is 11.1 Å². The third kappa shape index (κ3) is 5.47. The van der Waals surface area contributed by atoms with Gasteiger partial charge in [-0.2, -0.15) is 5.10 Å². The van der Waals surface area contributed by atoms with Gasteiger partial charge in [0, 0.05) is 25.1 Å². The standard InChI is InChI=1S/C12H10ClN3O2.C4H7N3/c1-7-2-3-10(11(15-7)12(17)18)16-9-4-8(13)5-14-6-9;1-7-3-2-4(5)6-7/h2-6,16H,1H3,(H,17,18);2-3H,1H3,(H2,5,6). The van der Waals surface area contributed by atoms with E-state index in [9.17, 15) is 4.79 Å². The van der Waals surface area contributed by atoms with E-state index in [0.29, 0.717) is 27.9 Å². The van der Waals surface area contributed by atoms with Gasteiger partial charge >= 0.3 is 5.97 Å². The fourth-order valence-electron chi connectivity index (χ4n) is 1.89. The molecule has 4 N–H and O–H groups in total. The molecule has 8 nitrogen and oxygen atoms in total. The molecule has 3 aromatic heterocycles. The van der Waals surface area contributed by atoms with Gasteiger partial charge in [0.1, 0.15) is 5.82 Å². The van der Waals surface area contributed by atoms with E-state index in [1.54, 1.807) is 48.3 Å². The predicted octanol–water partition coefficient (Wildman–Crippen LogP) is 2.88. The van der Waals surface area contributed by atoms with Gasteiger partial charge in [-0.25, -0.2) is 9.78 Å². The second kappa shape index (κ2) is 8.11. The number of pyridine rings is 2. The smallest absolute Gasteiger partial charge is 0.356 e. The number of carboxylic acid groups (broad SMARTS) is 1. The Labute approximate surface area is 149 Å². The lowest BCUT2D eigenvalue weighted by Gasteiger charge is -2.09. The van der Waals surface area contributed by atoms with Crippen molar-refractivity contribution in [1.29, 1.82) is 0 Å². The average molecular weight is 361 g/mol. The number of rotatable bonds is 3. The number of nitrogens with zero attached hydrogens (tertiary/aromatic N) is 4. The van der Waals surface area contributed by atoms with E-state index in [4.69, 9.17) is 22.4 Å². The predicted molar refractivity (Wildman–Crippen MR) is 96.1 cm³/mol. The number of nitrogens with one attached hydrogen (secondary N) is 1. The Morgan fingerprint density at radius 2 is 2.08 bits per heavy atom. The number of carboxylic acids is 1. The third-order valence-corrected chi connectivity index (χ3v) is 3.16. The van der Waals surface area contributed by atoms with Crippen LogP contribution in [0.15, 0.2) is 42.9 Å². The first-order valence-electron chi connectivity index (χ1n) is 7.19. The number of carbonyl (C=O) groups is 1. The maximum atomic E-state index is 11.1. The molecule has 0 saturated carbocycles. The Bertz CT molecular complexity index is 864. The van der Waals surface area contributed by atoms with Crippen LogP contribution in [-0.2, 0) is 7.05 Å². The average Bonchev–Trinajstić information content (AvgIpc) is 2.93. The Morgan fingerprint density at radius 1 is 1.32 bits per heavy atom. The minimum Gasteiger partial charge on any atom is -0.476 e. The van der Waals surface area contributed by atoms with Crippen molar-refractivity contribution in [2.45, 2.75) is 6.92 Å². The minimum atomic E-state index is -1.09. The van der Waals surface area contributed by atoms with Crippen molar-refractivity contribution in [2.75, 3.05) is 11.1 Å². The van der Waals surface area contributed by atoms with Crippen LogP contribution in [0.2, 0.25) is 5.02 Å². The number of aryl methyl sites for hydroxylation is 2. The number of anilines is 3. The molecule has 0 saturated heterocycles. The third-order valence-electron chi connectivity index (χ3n) is 2.96. The van der Waals surface area contributed by atoms with Crippen molar-refractivity contribution in [3.05, 3.63) is 59.3 Å². The molecular weight excluding hydrogens is 344 g/mol. The van der Waals surface area contributed by atoms with Crippen LogP contribution in [0.5, 0.6) is 0 Å². The molecule has 0 aliphatic rings. The largest absolute Gasteiger partial charge is 0.476 e. The molecule has 0 atom stereocenters. The van der Waals surface area contributed by atoms with Gasteiger partial charge < -0.3 is 16.2 Å². The zero-order chi connectivity index (χ0) is 18.4. The molecule has 0 fully saturated rings. The summed E-state index contributed by atoms with van der Waals surface area (Å²) in [6, 6.07) is 6.79. The fraction of sp³-hybridized carbons (Fsp3) is 0.125. The summed E-state index contributed by atoms with van der Waals surface area (Å²) in [5.41, 5.74) is 6.86. The van der Waals surface area contributed by atoms with Crippen molar-refractivity contribution < 1.29 is 9.90 Å². The van der Waals surface area contributed by atoms with Crippen LogP contribution in [-0.4, -0.2) is 30.8 Å². The first-order valence-corrected chi connectivity index (χ1v) is 7.56. The SMILES string of the molecule is Cc1ccc(Nc2cncc(Cl)c2)c(C(=O)O)n1.Cn1ccc(N)n1. The topological polar surface area (TPSA) is 119 Å². The van der Waals surface area contributed by atoms with Gasteiger partial charge in [0.05, 0.1) is 22.6 Å². The summed E-state index contributed by atoms with van der Waals surface area (Å²) in [7, 11) is 1.83. The van der Waals surface area contributed by atoms with E-state index in [1.165, 1.54) is 6.20 Å². The van der Waals surface area contributed by atoms with Gasteiger partial charge in [0.15, 0.2) is 5.69 Å². The number of hydrogen-bond acceptors (Lipinski definition) is 6. The molecule has 0 aliphatic carbocycles. The van der Waals surface area contributed by atoms with Crippen LogP contribution in [0.25, 0.3) is 0 Å². The highest BCUT2D eigenvalue weighted by Gasteiger charge is 2.12. The van der Waals surface area contributed by atoms with Crippen molar-refractivity contribution in [3.63, 3.8) is 0 Å². The van der Waals surface area contributed by atoms with Crippen LogP contribution in [0, 0.1) is 6.92 Å².